The summed E-state index contributed by atoms with van der Waals surface area (Å²) >= 11 is 0. The van der Waals surface area contributed by atoms with E-state index in [2.05, 4.69) is 65.0 Å². The lowest BCUT2D eigenvalue weighted by Gasteiger charge is -2.42. The average molecular weight is 381 g/mol. The number of ether oxygens (including phenoxy) is 1. The molecule has 2 atom stereocenters. The Morgan fingerprint density at radius 2 is 1.75 bits per heavy atom. The molecule has 28 heavy (non-hydrogen) atoms. The smallest absolute Gasteiger partial charge is 0.330 e. The van der Waals surface area contributed by atoms with Crippen LogP contribution in [0.5, 0.6) is 0 Å². The van der Waals surface area contributed by atoms with E-state index in [-0.39, 0.29) is 22.2 Å². The molecule has 0 aromatic heterocycles. The molecule has 1 aromatic carbocycles. The van der Waals surface area contributed by atoms with Crippen molar-refractivity contribution in [3.63, 3.8) is 0 Å². The van der Waals surface area contributed by atoms with E-state index >= 15 is 0 Å². The topological polar surface area (TPSA) is 26.3 Å². The van der Waals surface area contributed by atoms with Crippen LogP contribution in [0.25, 0.3) is 0 Å². The molecule has 0 unspecified atom stereocenters. The highest BCUT2D eigenvalue weighted by Crippen LogP contribution is 2.56. The molecular weight excluding hydrogens is 344 g/mol. The van der Waals surface area contributed by atoms with E-state index in [1.54, 1.807) is 6.08 Å². The first-order valence-corrected chi connectivity index (χ1v) is 10.7. The summed E-state index contributed by atoms with van der Waals surface area (Å²) in [4.78, 5) is 11.6. The second-order valence-electron chi connectivity index (χ2n) is 10.3. The summed E-state index contributed by atoms with van der Waals surface area (Å²) in [6.07, 6.45) is 9.56. The molecule has 0 saturated heterocycles. The number of esters is 1. The van der Waals surface area contributed by atoms with Gasteiger partial charge in [0.25, 0.3) is 0 Å². The fourth-order valence-electron chi connectivity index (χ4n) is 4.64. The minimum absolute atomic E-state index is 0.202. The Kier molecular flexibility index (Phi) is 5.38. The highest BCUT2D eigenvalue weighted by Gasteiger charge is 2.50. The summed E-state index contributed by atoms with van der Waals surface area (Å²) in [6, 6.07) is 7.24. The molecule has 0 N–H and O–H groups in total. The zero-order valence-electron chi connectivity index (χ0n) is 18.7. The molecule has 2 aliphatic rings. The van der Waals surface area contributed by atoms with Gasteiger partial charge in [-0.25, -0.2) is 4.79 Å². The van der Waals surface area contributed by atoms with E-state index in [1.807, 2.05) is 13.8 Å². The molecule has 1 fully saturated rings. The van der Waals surface area contributed by atoms with E-state index in [4.69, 9.17) is 4.74 Å². The van der Waals surface area contributed by atoms with Crippen molar-refractivity contribution in [1.82, 2.24) is 0 Å². The molecule has 2 aliphatic carbocycles. The fourth-order valence-corrected chi connectivity index (χ4v) is 4.64. The average Bonchev–Trinajstić information content (AvgIpc) is 3.29. The predicted octanol–water partition coefficient (Wildman–Crippen LogP) is 6.38. The number of hydrogen-bond acceptors (Lipinski definition) is 2. The molecule has 1 saturated carbocycles. The van der Waals surface area contributed by atoms with Gasteiger partial charge in [0.2, 0.25) is 0 Å². The van der Waals surface area contributed by atoms with Gasteiger partial charge in [0.05, 0.1) is 6.61 Å². The monoisotopic (exact) mass is 380 g/mol. The molecule has 0 amide bonds. The largest absolute Gasteiger partial charge is 0.463 e. The van der Waals surface area contributed by atoms with Crippen LogP contribution < -0.4 is 0 Å². The summed E-state index contributed by atoms with van der Waals surface area (Å²) in [7, 11) is 0. The Hall–Kier alpha value is -1.83. The van der Waals surface area contributed by atoms with Crippen molar-refractivity contribution in [3.05, 3.63) is 58.7 Å². The Bertz CT molecular complexity index is 825. The lowest BCUT2D eigenvalue weighted by molar-refractivity contribution is -0.137. The third-order valence-electron chi connectivity index (χ3n) is 7.04. The number of rotatable bonds is 5. The Morgan fingerprint density at radius 1 is 1.11 bits per heavy atom. The molecule has 3 rings (SSSR count). The highest BCUT2D eigenvalue weighted by molar-refractivity contribution is 5.83. The van der Waals surface area contributed by atoms with Gasteiger partial charge < -0.3 is 4.74 Å². The first kappa shape index (κ1) is 20.9. The lowest BCUT2D eigenvalue weighted by Crippen LogP contribution is -2.34. The van der Waals surface area contributed by atoms with Gasteiger partial charge in [0, 0.05) is 6.08 Å². The van der Waals surface area contributed by atoms with Crippen molar-refractivity contribution in [2.75, 3.05) is 6.61 Å². The van der Waals surface area contributed by atoms with Crippen LogP contribution in [-0.2, 0) is 25.8 Å². The normalized spacial score (nSPS) is 28.1. The maximum absolute atomic E-state index is 11.6. The first-order valence-electron chi connectivity index (χ1n) is 10.7. The SMILES string of the molecule is CCOC(=O)/C=C(C)\C=C\[C@H]1C[C@@]1(C)c1ccc2c(c1)C(C)(C)CCC2(C)C. The van der Waals surface area contributed by atoms with Crippen LogP contribution in [0.3, 0.4) is 0 Å². The Morgan fingerprint density at radius 3 is 2.39 bits per heavy atom. The number of allylic oxidation sites excluding steroid dienone is 3. The predicted molar refractivity (Wildman–Crippen MR) is 117 cm³/mol. The first-order chi connectivity index (χ1) is 13.0. The molecule has 0 bridgehead atoms. The van der Waals surface area contributed by atoms with Crippen LogP contribution >= 0.6 is 0 Å². The second-order valence-corrected chi connectivity index (χ2v) is 10.3. The Balaban J connectivity index is 1.80. The van der Waals surface area contributed by atoms with Gasteiger partial charge in [-0.1, -0.05) is 65.0 Å². The van der Waals surface area contributed by atoms with E-state index in [9.17, 15) is 4.79 Å². The van der Waals surface area contributed by atoms with Gasteiger partial charge in [-0.2, -0.15) is 0 Å². The van der Waals surface area contributed by atoms with Crippen molar-refractivity contribution < 1.29 is 9.53 Å². The number of benzene rings is 1. The third-order valence-corrected chi connectivity index (χ3v) is 7.04. The van der Waals surface area contributed by atoms with Crippen molar-refractivity contribution in [1.29, 1.82) is 0 Å². The van der Waals surface area contributed by atoms with Crippen LogP contribution in [-0.4, -0.2) is 12.6 Å². The third kappa shape index (κ3) is 3.97. The molecule has 152 valence electrons. The summed E-state index contributed by atoms with van der Waals surface area (Å²) in [5, 5.41) is 0. The molecule has 0 heterocycles. The van der Waals surface area contributed by atoms with E-state index in [1.165, 1.54) is 36.0 Å². The number of carbonyl (C=O) groups excluding carboxylic acids is 1. The van der Waals surface area contributed by atoms with Gasteiger partial charge >= 0.3 is 5.97 Å². The fraction of sp³-hybridized carbons (Fsp3) is 0.577. The maximum Gasteiger partial charge on any atom is 0.330 e. The summed E-state index contributed by atoms with van der Waals surface area (Å²) in [5.41, 5.74) is 6.18. The molecule has 0 aliphatic heterocycles. The van der Waals surface area contributed by atoms with Crippen LogP contribution in [0, 0.1) is 5.92 Å². The quantitative estimate of drug-likeness (QED) is 0.336. The van der Waals surface area contributed by atoms with Crippen LogP contribution in [0.15, 0.2) is 42.0 Å². The zero-order chi connectivity index (χ0) is 20.7. The maximum atomic E-state index is 11.6. The number of fused-ring (bicyclic) bond motifs is 1. The minimum Gasteiger partial charge on any atom is -0.463 e. The number of hydrogen-bond donors (Lipinski definition) is 0. The van der Waals surface area contributed by atoms with Gasteiger partial charge in [0.15, 0.2) is 0 Å². The van der Waals surface area contributed by atoms with Gasteiger partial charge in [0.1, 0.15) is 0 Å². The molecule has 2 heteroatoms. The summed E-state index contributed by atoms with van der Waals surface area (Å²) in [5.74, 6) is 0.263. The van der Waals surface area contributed by atoms with Gasteiger partial charge in [-0.15, -0.1) is 0 Å². The van der Waals surface area contributed by atoms with Crippen molar-refractivity contribution in [2.24, 2.45) is 5.92 Å². The molecule has 1 aromatic rings. The van der Waals surface area contributed by atoms with Crippen molar-refractivity contribution in [3.8, 4) is 0 Å². The molecule has 2 nitrogen and oxygen atoms in total. The van der Waals surface area contributed by atoms with E-state index in [0.29, 0.717) is 12.5 Å². The second kappa shape index (κ2) is 7.21. The molecule has 0 spiro atoms. The van der Waals surface area contributed by atoms with Crippen LogP contribution in [0.4, 0.5) is 0 Å². The van der Waals surface area contributed by atoms with E-state index in [0.717, 1.165) is 5.57 Å². The molecular formula is C26H36O2. The van der Waals surface area contributed by atoms with Crippen molar-refractivity contribution >= 4 is 5.97 Å². The summed E-state index contributed by atoms with van der Waals surface area (Å²) < 4.78 is 4.99. The van der Waals surface area contributed by atoms with Gasteiger partial charge in [-0.3, -0.25) is 0 Å². The highest BCUT2D eigenvalue weighted by atomic mass is 16.5. The van der Waals surface area contributed by atoms with Gasteiger partial charge in [-0.05, 0) is 77.5 Å². The number of carbonyl (C=O) groups is 1. The molecule has 0 radical (unpaired) electrons. The summed E-state index contributed by atoms with van der Waals surface area (Å²) in [6.45, 7) is 16.1. The zero-order valence-corrected chi connectivity index (χ0v) is 18.7. The lowest BCUT2D eigenvalue weighted by atomic mass is 9.62. The van der Waals surface area contributed by atoms with Crippen LogP contribution in [0.2, 0.25) is 0 Å². The van der Waals surface area contributed by atoms with Crippen LogP contribution in [0.1, 0.15) is 84.4 Å². The Labute approximate surface area is 171 Å². The van der Waals surface area contributed by atoms with Crippen molar-refractivity contribution in [2.45, 2.75) is 84.0 Å². The van der Waals surface area contributed by atoms with E-state index < -0.39 is 0 Å². The minimum atomic E-state index is -0.261. The standard InChI is InChI=1S/C26H36O2/c1-8-28-23(27)15-18(2)9-10-20-17-26(20,7)19-11-12-21-22(16-19)25(5,6)14-13-24(21,3)4/h9-12,15-16,20H,8,13-14,17H2,1-7H3/b10-9+,18-15-/t20-,26-/m0/s1.